The van der Waals surface area contributed by atoms with Gasteiger partial charge in [-0.25, -0.2) is 4.98 Å². The van der Waals surface area contributed by atoms with Crippen LogP contribution >= 0.6 is 0 Å². The maximum absolute atomic E-state index is 12.7. The highest BCUT2D eigenvalue weighted by Crippen LogP contribution is 2.26. The van der Waals surface area contributed by atoms with Crippen LogP contribution in [0.2, 0.25) is 0 Å². The topological polar surface area (TPSA) is 78.0 Å². The Morgan fingerprint density at radius 1 is 1.35 bits per heavy atom. The standard InChI is InChI=1S/C15H17N3O2/c1-9-17-13-8-11(16)4-7-14(13)18(9)15(20)10-2-5-12(19)6-3-10/h4,7-8,10H,2-3,5-6,16H2,1H3. The number of aryl methyl sites for hydroxylation is 1. The second kappa shape index (κ2) is 4.74. The minimum Gasteiger partial charge on any atom is -0.399 e. The summed E-state index contributed by atoms with van der Waals surface area (Å²) in [6.45, 7) is 1.82. The summed E-state index contributed by atoms with van der Waals surface area (Å²) in [6.07, 6.45) is 2.31. The van der Waals surface area contributed by atoms with E-state index >= 15 is 0 Å². The maximum atomic E-state index is 12.7. The highest BCUT2D eigenvalue weighted by Gasteiger charge is 2.27. The summed E-state index contributed by atoms with van der Waals surface area (Å²) in [6, 6.07) is 5.38. The molecule has 0 atom stereocenters. The molecule has 104 valence electrons. The normalized spacial score (nSPS) is 16.8. The lowest BCUT2D eigenvalue weighted by Gasteiger charge is -2.20. The van der Waals surface area contributed by atoms with Gasteiger partial charge in [0.2, 0.25) is 5.91 Å². The van der Waals surface area contributed by atoms with Crippen LogP contribution in [0.3, 0.4) is 0 Å². The Morgan fingerprint density at radius 2 is 2.05 bits per heavy atom. The van der Waals surface area contributed by atoms with Crippen molar-refractivity contribution in [3.63, 3.8) is 0 Å². The molecule has 2 N–H and O–H groups in total. The first kappa shape index (κ1) is 12.8. The minimum absolute atomic E-state index is 0.0438. The predicted molar refractivity (Wildman–Crippen MR) is 76.5 cm³/mol. The quantitative estimate of drug-likeness (QED) is 0.807. The first-order chi connectivity index (χ1) is 9.56. The van der Waals surface area contributed by atoms with Gasteiger partial charge in [0.25, 0.3) is 0 Å². The number of nitrogens with zero attached hydrogens (tertiary/aromatic N) is 2. The van der Waals surface area contributed by atoms with E-state index in [9.17, 15) is 9.59 Å². The van der Waals surface area contributed by atoms with Crippen molar-refractivity contribution in [2.75, 3.05) is 5.73 Å². The van der Waals surface area contributed by atoms with E-state index in [1.165, 1.54) is 0 Å². The fraction of sp³-hybridized carbons (Fsp3) is 0.400. The molecule has 1 aliphatic rings. The smallest absolute Gasteiger partial charge is 0.235 e. The molecule has 3 rings (SSSR count). The average molecular weight is 271 g/mol. The highest BCUT2D eigenvalue weighted by molar-refractivity contribution is 5.94. The number of carbonyl (C=O) groups is 2. The van der Waals surface area contributed by atoms with Crippen LogP contribution in [0.4, 0.5) is 5.69 Å². The van der Waals surface area contributed by atoms with Crippen molar-refractivity contribution in [2.24, 2.45) is 5.92 Å². The van der Waals surface area contributed by atoms with Crippen molar-refractivity contribution in [3.8, 4) is 0 Å². The summed E-state index contributed by atoms with van der Waals surface area (Å²) in [5.41, 5.74) is 7.91. The number of carbonyl (C=O) groups excluding carboxylic acids is 2. The molecule has 2 aromatic rings. The van der Waals surface area contributed by atoms with Gasteiger partial charge in [-0.2, -0.15) is 0 Å². The van der Waals surface area contributed by atoms with Gasteiger partial charge in [0.15, 0.2) is 0 Å². The molecule has 1 saturated carbocycles. The van der Waals surface area contributed by atoms with Gasteiger partial charge in [0.05, 0.1) is 11.0 Å². The molecule has 5 heteroatoms. The molecule has 0 aliphatic heterocycles. The van der Waals surface area contributed by atoms with Crippen molar-refractivity contribution < 1.29 is 9.59 Å². The molecule has 1 aromatic heterocycles. The van der Waals surface area contributed by atoms with E-state index in [-0.39, 0.29) is 17.6 Å². The summed E-state index contributed by atoms with van der Waals surface area (Å²) in [5, 5.41) is 0. The van der Waals surface area contributed by atoms with Crippen LogP contribution in [0.15, 0.2) is 18.2 Å². The van der Waals surface area contributed by atoms with Gasteiger partial charge in [-0.1, -0.05) is 0 Å². The third kappa shape index (κ3) is 2.09. The van der Waals surface area contributed by atoms with Crippen LogP contribution in [0.5, 0.6) is 0 Å². The fourth-order valence-corrected chi connectivity index (χ4v) is 2.87. The molecule has 0 unspecified atom stereocenters. The van der Waals surface area contributed by atoms with Crippen molar-refractivity contribution in [1.29, 1.82) is 0 Å². The first-order valence-corrected chi connectivity index (χ1v) is 6.87. The van der Waals surface area contributed by atoms with E-state index in [1.54, 1.807) is 16.7 Å². The predicted octanol–water partition coefficient (Wildman–Crippen LogP) is 2.33. The van der Waals surface area contributed by atoms with Gasteiger partial charge < -0.3 is 5.73 Å². The summed E-state index contributed by atoms with van der Waals surface area (Å²) in [4.78, 5) is 28.4. The van der Waals surface area contributed by atoms with E-state index in [1.807, 2.05) is 13.0 Å². The van der Waals surface area contributed by atoms with Gasteiger partial charge in [-0.15, -0.1) is 0 Å². The molecule has 1 fully saturated rings. The number of imidazole rings is 1. The lowest BCUT2D eigenvalue weighted by Crippen LogP contribution is -2.27. The first-order valence-electron chi connectivity index (χ1n) is 6.87. The SMILES string of the molecule is Cc1nc2cc(N)ccc2n1C(=O)C1CCC(=O)CC1. The van der Waals surface area contributed by atoms with Crippen molar-refractivity contribution in [2.45, 2.75) is 32.6 Å². The zero-order valence-electron chi connectivity index (χ0n) is 11.4. The van der Waals surface area contributed by atoms with Crippen molar-refractivity contribution in [3.05, 3.63) is 24.0 Å². The lowest BCUT2D eigenvalue weighted by atomic mass is 9.87. The van der Waals surface area contributed by atoms with E-state index in [2.05, 4.69) is 4.98 Å². The largest absolute Gasteiger partial charge is 0.399 e. The molecule has 1 heterocycles. The van der Waals surface area contributed by atoms with Crippen LogP contribution < -0.4 is 5.73 Å². The van der Waals surface area contributed by atoms with Gasteiger partial charge >= 0.3 is 0 Å². The van der Waals surface area contributed by atoms with E-state index in [0.717, 1.165) is 11.0 Å². The molecule has 5 nitrogen and oxygen atoms in total. The van der Waals surface area contributed by atoms with Crippen molar-refractivity contribution >= 4 is 28.4 Å². The number of fused-ring (bicyclic) bond motifs is 1. The monoisotopic (exact) mass is 271 g/mol. The van der Waals surface area contributed by atoms with Gasteiger partial charge in [-0.05, 0) is 38.0 Å². The zero-order valence-corrected chi connectivity index (χ0v) is 11.4. The number of nitrogens with two attached hydrogens (primary N) is 1. The Labute approximate surface area is 116 Å². The molecule has 1 aromatic carbocycles. The number of hydrogen-bond acceptors (Lipinski definition) is 4. The second-order valence-electron chi connectivity index (χ2n) is 5.39. The number of anilines is 1. The molecular formula is C15H17N3O2. The Morgan fingerprint density at radius 3 is 2.75 bits per heavy atom. The highest BCUT2D eigenvalue weighted by atomic mass is 16.2. The summed E-state index contributed by atoms with van der Waals surface area (Å²) >= 11 is 0. The summed E-state index contributed by atoms with van der Waals surface area (Å²) in [5.74, 6) is 0.894. The number of hydrogen-bond donors (Lipinski definition) is 1. The third-order valence-corrected chi connectivity index (χ3v) is 3.96. The van der Waals surface area contributed by atoms with Gasteiger partial charge in [0.1, 0.15) is 11.6 Å². The number of ketones is 1. The maximum Gasteiger partial charge on any atom is 0.235 e. The van der Waals surface area contributed by atoms with Crippen LogP contribution in [0, 0.1) is 12.8 Å². The summed E-state index contributed by atoms with van der Waals surface area (Å²) < 4.78 is 1.66. The molecule has 0 saturated heterocycles. The van der Waals surface area contributed by atoms with Gasteiger partial charge in [0, 0.05) is 24.4 Å². The Balaban J connectivity index is 1.99. The van der Waals surface area contributed by atoms with E-state index < -0.39 is 0 Å². The molecule has 0 spiro atoms. The van der Waals surface area contributed by atoms with Gasteiger partial charge in [-0.3, -0.25) is 14.2 Å². The number of rotatable bonds is 1. The Bertz CT molecular complexity index is 692. The lowest BCUT2D eigenvalue weighted by molar-refractivity contribution is -0.120. The fourth-order valence-electron chi connectivity index (χ4n) is 2.87. The number of aromatic nitrogens is 2. The van der Waals surface area contributed by atoms with Crippen molar-refractivity contribution in [1.82, 2.24) is 9.55 Å². The van der Waals surface area contributed by atoms with Crippen LogP contribution in [-0.4, -0.2) is 21.2 Å². The molecule has 0 radical (unpaired) electrons. The second-order valence-corrected chi connectivity index (χ2v) is 5.39. The van der Waals surface area contributed by atoms with Crippen LogP contribution in [-0.2, 0) is 4.79 Å². The molecule has 0 bridgehead atoms. The Hall–Kier alpha value is -2.17. The number of benzene rings is 1. The molecular weight excluding hydrogens is 254 g/mol. The van der Waals surface area contributed by atoms with E-state index in [4.69, 9.17) is 5.73 Å². The molecule has 0 amide bonds. The molecule has 1 aliphatic carbocycles. The zero-order chi connectivity index (χ0) is 14.3. The summed E-state index contributed by atoms with van der Waals surface area (Å²) in [7, 11) is 0. The number of nitrogen functional groups attached to an aromatic ring is 1. The minimum atomic E-state index is -0.0821. The van der Waals surface area contributed by atoms with Crippen LogP contribution in [0.1, 0.15) is 36.3 Å². The Kier molecular flexibility index (Phi) is 3.04. The van der Waals surface area contributed by atoms with E-state index in [0.29, 0.717) is 37.2 Å². The average Bonchev–Trinajstić information content (AvgIpc) is 2.73. The number of Topliss-reactive ketones (excluding diaryl/α,β-unsaturated/α-hetero) is 1. The molecule has 20 heavy (non-hydrogen) atoms. The van der Waals surface area contributed by atoms with Crippen LogP contribution in [0.25, 0.3) is 11.0 Å². The third-order valence-electron chi connectivity index (χ3n) is 3.96.